The van der Waals surface area contributed by atoms with Gasteiger partial charge in [-0.3, -0.25) is 14.5 Å². The first-order chi connectivity index (χ1) is 12.9. The largest absolute Gasteiger partial charge is 0.369 e. The number of rotatable bonds is 5. The normalized spacial score (nSPS) is 14.9. The van der Waals surface area contributed by atoms with Gasteiger partial charge in [-0.1, -0.05) is 17.7 Å². The number of nitrogens with one attached hydrogen (secondary N) is 1. The maximum Gasteiger partial charge on any atom is 0.238 e. The number of aryl methyl sites for hydroxylation is 1. The first kappa shape index (κ1) is 19.4. The number of hydrogen-bond donors (Lipinski definition) is 1. The lowest BCUT2D eigenvalue weighted by Crippen LogP contribution is -2.48. The summed E-state index contributed by atoms with van der Waals surface area (Å²) in [4.78, 5) is 28.2. The Balaban J connectivity index is 1.51. The van der Waals surface area contributed by atoms with Gasteiger partial charge in [-0.2, -0.15) is 0 Å². The van der Waals surface area contributed by atoms with Gasteiger partial charge in [0.25, 0.3) is 0 Å². The third-order valence-corrected chi connectivity index (χ3v) is 5.09. The zero-order valence-corrected chi connectivity index (χ0v) is 16.4. The number of hydrogen-bond acceptors (Lipinski definition) is 4. The highest BCUT2D eigenvalue weighted by molar-refractivity contribution is 6.31. The number of ketones is 1. The second kappa shape index (κ2) is 8.55. The molecule has 1 N–H and O–H groups in total. The lowest BCUT2D eigenvalue weighted by Gasteiger charge is -2.35. The molecule has 1 aliphatic rings. The third kappa shape index (κ3) is 5.08. The molecular weight excluding hydrogens is 362 g/mol. The molecule has 2 aromatic carbocycles. The van der Waals surface area contributed by atoms with E-state index in [-0.39, 0.29) is 11.7 Å². The van der Waals surface area contributed by atoms with Crippen LogP contribution in [0, 0.1) is 6.92 Å². The summed E-state index contributed by atoms with van der Waals surface area (Å²) in [5, 5.41) is 3.56. The molecule has 1 saturated heterocycles. The van der Waals surface area contributed by atoms with E-state index < -0.39 is 0 Å². The van der Waals surface area contributed by atoms with Gasteiger partial charge in [0, 0.05) is 48.1 Å². The van der Waals surface area contributed by atoms with Gasteiger partial charge in [0.2, 0.25) is 5.91 Å². The van der Waals surface area contributed by atoms with Crippen molar-refractivity contribution in [3.63, 3.8) is 0 Å². The van der Waals surface area contributed by atoms with Gasteiger partial charge in [-0.05, 0) is 55.8 Å². The van der Waals surface area contributed by atoms with Crippen LogP contribution >= 0.6 is 11.6 Å². The molecular formula is C21H24ClN3O2. The quantitative estimate of drug-likeness (QED) is 0.799. The fraction of sp³-hybridized carbons (Fsp3) is 0.333. The van der Waals surface area contributed by atoms with Gasteiger partial charge in [0.05, 0.1) is 6.54 Å². The van der Waals surface area contributed by atoms with E-state index in [2.05, 4.69) is 15.1 Å². The Kier molecular flexibility index (Phi) is 6.14. The molecule has 1 amide bonds. The number of carbonyl (C=O) groups is 2. The van der Waals surface area contributed by atoms with E-state index in [4.69, 9.17) is 11.6 Å². The molecule has 3 rings (SSSR count). The van der Waals surface area contributed by atoms with Crippen LogP contribution in [-0.4, -0.2) is 49.3 Å². The SMILES string of the molecule is CC(=O)c1ccc(N2CCN(CC(=O)Nc3cc(Cl)ccc3C)CC2)cc1. The molecule has 0 aliphatic carbocycles. The van der Waals surface area contributed by atoms with Crippen molar-refractivity contribution in [2.45, 2.75) is 13.8 Å². The van der Waals surface area contributed by atoms with Gasteiger partial charge in [0.1, 0.15) is 0 Å². The second-order valence-corrected chi connectivity index (χ2v) is 7.31. The summed E-state index contributed by atoms with van der Waals surface area (Å²) in [6, 6.07) is 13.2. The molecule has 0 radical (unpaired) electrons. The molecule has 1 aliphatic heterocycles. The van der Waals surface area contributed by atoms with Crippen molar-refractivity contribution < 1.29 is 9.59 Å². The van der Waals surface area contributed by atoms with E-state index in [1.165, 1.54) is 0 Å². The van der Waals surface area contributed by atoms with Crippen LogP contribution < -0.4 is 10.2 Å². The molecule has 1 heterocycles. The number of nitrogens with zero attached hydrogens (tertiary/aromatic N) is 2. The van der Waals surface area contributed by atoms with Crippen LogP contribution in [0.1, 0.15) is 22.8 Å². The van der Waals surface area contributed by atoms with E-state index in [1.54, 1.807) is 13.0 Å². The standard InChI is InChI=1S/C21H24ClN3O2/c1-15-3-6-18(22)13-20(15)23-21(27)14-24-9-11-25(12-10-24)19-7-4-17(5-8-19)16(2)26/h3-8,13H,9-12,14H2,1-2H3,(H,23,27). The van der Waals surface area contributed by atoms with E-state index in [0.717, 1.165) is 48.7 Å². The van der Waals surface area contributed by atoms with E-state index in [0.29, 0.717) is 11.6 Å². The van der Waals surface area contributed by atoms with Crippen LogP contribution in [0.3, 0.4) is 0 Å². The molecule has 1 fully saturated rings. The Labute approximate surface area is 164 Å². The zero-order valence-electron chi connectivity index (χ0n) is 15.7. The Hall–Kier alpha value is -2.37. The molecule has 5 nitrogen and oxygen atoms in total. The average Bonchev–Trinajstić information content (AvgIpc) is 2.65. The van der Waals surface area contributed by atoms with Crippen molar-refractivity contribution in [2.75, 3.05) is 42.9 Å². The van der Waals surface area contributed by atoms with Crippen LogP contribution in [0.4, 0.5) is 11.4 Å². The summed E-state index contributed by atoms with van der Waals surface area (Å²) in [7, 11) is 0. The summed E-state index contributed by atoms with van der Waals surface area (Å²) >= 11 is 6.01. The molecule has 142 valence electrons. The van der Waals surface area contributed by atoms with Crippen molar-refractivity contribution in [2.24, 2.45) is 0 Å². The number of piperazine rings is 1. The Morgan fingerprint density at radius 3 is 2.33 bits per heavy atom. The molecule has 0 spiro atoms. The van der Waals surface area contributed by atoms with E-state index in [9.17, 15) is 9.59 Å². The minimum Gasteiger partial charge on any atom is -0.369 e. The lowest BCUT2D eigenvalue weighted by molar-refractivity contribution is -0.117. The first-order valence-corrected chi connectivity index (χ1v) is 9.44. The highest BCUT2D eigenvalue weighted by atomic mass is 35.5. The maximum absolute atomic E-state index is 12.4. The lowest BCUT2D eigenvalue weighted by atomic mass is 10.1. The third-order valence-electron chi connectivity index (χ3n) is 4.85. The summed E-state index contributed by atoms with van der Waals surface area (Å²) in [5.74, 6) is 0.0481. The molecule has 0 atom stereocenters. The van der Waals surface area contributed by atoms with Crippen LogP contribution in [0.25, 0.3) is 0 Å². The first-order valence-electron chi connectivity index (χ1n) is 9.06. The molecule has 6 heteroatoms. The molecule has 0 saturated carbocycles. The number of anilines is 2. The highest BCUT2D eigenvalue weighted by Crippen LogP contribution is 2.21. The maximum atomic E-state index is 12.4. The van der Waals surface area contributed by atoms with E-state index >= 15 is 0 Å². The molecule has 0 aromatic heterocycles. The van der Waals surface area contributed by atoms with Crippen LogP contribution in [0.2, 0.25) is 5.02 Å². The van der Waals surface area contributed by atoms with Crippen LogP contribution in [0.5, 0.6) is 0 Å². The summed E-state index contributed by atoms with van der Waals surface area (Å²) in [6.45, 7) is 7.22. The Morgan fingerprint density at radius 1 is 1.04 bits per heavy atom. The molecule has 2 aromatic rings. The fourth-order valence-corrected chi connectivity index (χ4v) is 3.36. The molecule has 0 unspecified atom stereocenters. The summed E-state index contributed by atoms with van der Waals surface area (Å²) in [5.41, 5.74) is 3.59. The number of halogens is 1. The number of benzene rings is 2. The van der Waals surface area contributed by atoms with Crippen LogP contribution in [-0.2, 0) is 4.79 Å². The van der Waals surface area contributed by atoms with Crippen molar-refractivity contribution in [3.05, 3.63) is 58.6 Å². The fourth-order valence-electron chi connectivity index (χ4n) is 3.19. The average molecular weight is 386 g/mol. The van der Waals surface area contributed by atoms with Gasteiger partial charge < -0.3 is 10.2 Å². The van der Waals surface area contributed by atoms with Crippen LogP contribution in [0.15, 0.2) is 42.5 Å². The number of amides is 1. The van der Waals surface area contributed by atoms with Crippen molar-refractivity contribution in [3.8, 4) is 0 Å². The van der Waals surface area contributed by atoms with Crippen molar-refractivity contribution >= 4 is 34.7 Å². The van der Waals surface area contributed by atoms with Crippen molar-refractivity contribution in [1.82, 2.24) is 4.90 Å². The van der Waals surface area contributed by atoms with Gasteiger partial charge in [-0.25, -0.2) is 0 Å². The highest BCUT2D eigenvalue weighted by Gasteiger charge is 2.19. The van der Waals surface area contributed by atoms with Gasteiger partial charge in [0.15, 0.2) is 5.78 Å². The van der Waals surface area contributed by atoms with Gasteiger partial charge in [-0.15, -0.1) is 0 Å². The minimum absolute atomic E-state index is 0.0281. The predicted molar refractivity (Wildman–Crippen MR) is 110 cm³/mol. The second-order valence-electron chi connectivity index (χ2n) is 6.87. The monoisotopic (exact) mass is 385 g/mol. The smallest absolute Gasteiger partial charge is 0.238 e. The number of Topliss-reactive ketones (excluding diaryl/α,β-unsaturated/α-hetero) is 1. The Morgan fingerprint density at radius 2 is 1.70 bits per heavy atom. The topological polar surface area (TPSA) is 52.7 Å². The van der Waals surface area contributed by atoms with Gasteiger partial charge >= 0.3 is 0 Å². The Bertz CT molecular complexity index is 828. The zero-order chi connectivity index (χ0) is 19.4. The van der Waals surface area contributed by atoms with E-state index in [1.807, 2.05) is 43.3 Å². The molecule has 27 heavy (non-hydrogen) atoms. The summed E-state index contributed by atoms with van der Waals surface area (Å²) in [6.07, 6.45) is 0. The minimum atomic E-state index is -0.0281. The van der Waals surface area contributed by atoms with Crippen molar-refractivity contribution in [1.29, 1.82) is 0 Å². The summed E-state index contributed by atoms with van der Waals surface area (Å²) < 4.78 is 0. The number of carbonyl (C=O) groups excluding carboxylic acids is 2. The molecule has 0 bridgehead atoms. The predicted octanol–water partition coefficient (Wildman–Crippen LogP) is 3.61.